The molecule has 2 aromatic rings. The molecular weight excluding hydrogens is 356 g/mol. The SMILES string of the molecule is C[C@@H](O)c1cc([N+](=O)[O-])c(N(C)Cc2cccc(Br)c2)s1. The van der Waals surface area contributed by atoms with Gasteiger partial charge in [-0.1, -0.05) is 28.1 Å². The molecule has 1 N–H and O–H groups in total. The second-order valence-electron chi connectivity index (χ2n) is 4.76. The summed E-state index contributed by atoms with van der Waals surface area (Å²) in [5, 5.41) is 21.3. The molecule has 0 saturated carbocycles. The third-order valence-corrected chi connectivity index (χ3v) is 4.88. The van der Waals surface area contributed by atoms with E-state index >= 15 is 0 Å². The number of aliphatic hydroxyl groups is 1. The smallest absolute Gasteiger partial charge is 0.304 e. The number of nitro groups is 1. The summed E-state index contributed by atoms with van der Waals surface area (Å²) in [7, 11) is 1.81. The highest BCUT2D eigenvalue weighted by molar-refractivity contribution is 9.10. The highest BCUT2D eigenvalue weighted by Gasteiger charge is 2.23. The van der Waals surface area contributed by atoms with Gasteiger partial charge in [0.2, 0.25) is 0 Å². The van der Waals surface area contributed by atoms with Gasteiger partial charge < -0.3 is 10.0 Å². The first-order chi connectivity index (χ1) is 9.88. The van der Waals surface area contributed by atoms with E-state index < -0.39 is 11.0 Å². The van der Waals surface area contributed by atoms with Gasteiger partial charge >= 0.3 is 5.69 Å². The van der Waals surface area contributed by atoms with Crippen LogP contribution in [0.5, 0.6) is 0 Å². The molecule has 112 valence electrons. The molecule has 7 heteroatoms. The predicted molar refractivity (Wildman–Crippen MR) is 87.9 cm³/mol. The van der Waals surface area contributed by atoms with Crippen LogP contribution >= 0.6 is 27.3 Å². The van der Waals surface area contributed by atoms with E-state index in [2.05, 4.69) is 15.9 Å². The first-order valence-electron chi connectivity index (χ1n) is 6.30. The van der Waals surface area contributed by atoms with E-state index in [0.717, 1.165) is 10.0 Å². The van der Waals surface area contributed by atoms with Crippen LogP contribution in [0.15, 0.2) is 34.8 Å². The standard InChI is InChI=1S/C14H15BrN2O3S/c1-9(18)13-7-12(17(19)20)14(21-13)16(2)8-10-4-3-5-11(15)6-10/h3-7,9,18H,8H2,1-2H3/t9-/m1/s1. The molecule has 0 aliphatic heterocycles. The van der Waals surface area contributed by atoms with Crippen LogP contribution in [-0.2, 0) is 6.54 Å². The summed E-state index contributed by atoms with van der Waals surface area (Å²) in [5.41, 5.74) is 1.08. The van der Waals surface area contributed by atoms with Crippen LogP contribution in [0.2, 0.25) is 0 Å². The Labute approximate surface area is 135 Å². The lowest BCUT2D eigenvalue weighted by Gasteiger charge is -2.17. The fourth-order valence-electron chi connectivity index (χ4n) is 1.98. The number of hydrogen-bond donors (Lipinski definition) is 1. The quantitative estimate of drug-likeness (QED) is 0.635. The fourth-order valence-corrected chi connectivity index (χ4v) is 3.45. The van der Waals surface area contributed by atoms with Gasteiger partial charge in [0.05, 0.1) is 11.0 Å². The Hall–Kier alpha value is -1.44. The van der Waals surface area contributed by atoms with Crippen LogP contribution in [0.3, 0.4) is 0 Å². The van der Waals surface area contributed by atoms with Crippen molar-refractivity contribution in [3.05, 3.63) is 55.4 Å². The van der Waals surface area contributed by atoms with Gasteiger partial charge in [0.15, 0.2) is 5.00 Å². The first kappa shape index (κ1) is 15.9. The van der Waals surface area contributed by atoms with Crippen LogP contribution < -0.4 is 4.90 Å². The molecule has 1 atom stereocenters. The Morgan fingerprint density at radius 3 is 2.76 bits per heavy atom. The topological polar surface area (TPSA) is 66.6 Å². The largest absolute Gasteiger partial charge is 0.388 e. The van der Waals surface area contributed by atoms with Crippen molar-refractivity contribution in [3.63, 3.8) is 0 Å². The summed E-state index contributed by atoms with van der Waals surface area (Å²) < 4.78 is 0.971. The van der Waals surface area contributed by atoms with Crippen molar-refractivity contribution >= 4 is 38.0 Å². The zero-order valence-corrected chi connectivity index (χ0v) is 14.0. The maximum absolute atomic E-state index is 11.2. The van der Waals surface area contributed by atoms with Gasteiger partial charge in [-0.05, 0) is 24.6 Å². The summed E-state index contributed by atoms with van der Waals surface area (Å²) in [4.78, 5) is 13.2. The van der Waals surface area contributed by atoms with Crippen molar-refractivity contribution in [1.82, 2.24) is 0 Å². The summed E-state index contributed by atoms with van der Waals surface area (Å²) in [6, 6.07) is 9.25. The minimum absolute atomic E-state index is 0.0356. The Balaban J connectivity index is 2.29. The molecule has 1 aromatic heterocycles. The molecule has 1 heterocycles. The number of benzene rings is 1. The van der Waals surface area contributed by atoms with Crippen LogP contribution in [0.4, 0.5) is 10.7 Å². The van der Waals surface area contributed by atoms with Crippen molar-refractivity contribution in [3.8, 4) is 0 Å². The maximum Gasteiger partial charge on any atom is 0.304 e. The second kappa shape index (κ2) is 6.55. The summed E-state index contributed by atoms with van der Waals surface area (Å²) >= 11 is 4.66. The van der Waals surface area contributed by atoms with Crippen LogP contribution in [0.1, 0.15) is 23.5 Å². The van der Waals surface area contributed by atoms with Gasteiger partial charge in [-0.15, -0.1) is 11.3 Å². The van der Waals surface area contributed by atoms with Gasteiger partial charge in [-0.3, -0.25) is 10.1 Å². The van der Waals surface area contributed by atoms with E-state index in [1.54, 1.807) is 6.92 Å². The molecule has 0 aliphatic carbocycles. The van der Waals surface area contributed by atoms with E-state index in [1.165, 1.54) is 17.4 Å². The van der Waals surface area contributed by atoms with Gasteiger partial charge in [-0.2, -0.15) is 0 Å². The lowest BCUT2D eigenvalue weighted by atomic mass is 10.2. The van der Waals surface area contributed by atoms with Crippen molar-refractivity contribution < 1.29 is 10.0 Å². The lowest BCUT2D eigenvalue weighted by molar-refractivity contribution is -0.383. The molecule has 1 aromatic carbocycles. The lowest BCUT2D eigenvalue weighted by Crippen LogP contribution is -2.16. The van der Waals surface area contributed by atoms with Crippen LogP contribution in [0.25, 0.3) is 0 Å². The molecule has 2 rings (SSSR count). The van der Waals surface area contributed by atoms with Gasteiger partial charge in [0.25, 0.3) is 0 Å². The van der Waals surface area contributed by atoms with Gasteiger partial charge in [0, 0.05) is 29.0 Å². The highest BCUT2D eigenvalue weighted by atomic mass is 79.9. The Bertz CT molecular complexity index is 657. The highest BCUT2D eigenvalue weighted by Crippen LogP contribution is 2.40. The Morgan fingerprint density at radius 1 is 1.48 bits per heavy atom. The van der Waals surface area contributed by atoms with E-state index in [0.29, 0.717) is 16.4 Å². The monoisotopic (exact) mass is 370 g/mol. The maximum atomic E-state index is 11.2. The zero-order chi connectivity index (χ0) is 15.6. The number of aliphatic hydroxyl groups excluding tert-OH is 1. The molecule has 5 nitrogen and oxygen atoms in total. The number of hydrogen-bond acceptors (Lipinski definition) is 5. The van der Waals surface area contributed by atoms with Crippen LogP contribution in [0, 0.1) is 10.1 Å². The number of nitrogens with zero attached hydrogens (tertiary/aromatic N) is 2. The average Bonchev–Trinajstić information content (AvgIpc) is 2.84. The minimum Gasteiger partial charge on any atom is -0.388 e. The van der Waals surface area contributed by atoms with Crippen molar-refractivity contribution in [2.45, 2.75) is 19.6 Å². The molecule has 0 amide bonds. The van der Waals surface area contributed by atoms with Crippen molar-refractivity contribution in [2.75, 3.05) is 11.9 Å². The molecule has 0 saturated heterocycles. The molecule has 0 radical (unpaired) electrons. The summed E-state index contributed by atoms with van der Waals surface area (Å²) in [5.74, 6) is 0. The first-order valence-corrected chi connectivity index (χ1v) is 7.91. The van der Waals surface area contributed by atoms with E-state index in [-0.39, 0.29) is 5.69 Å². The van der Waals surface area contributed by atoms with Gasteiger partial charge in [-0.25, -0.2) is 0 Å². The number of rotatable bonds is 5. The predicted octanol–water partition coefficient (Wildman–Crippen LogP) is 4.11. The molecule has 0 spiro atoms. The van der Waals surface area contributed by atoms with E-state index in [4.69, 9.17) is 0 Å². The number of halogens is 1. The molecular formula is C14H15BrN2O3S. The van der Waals surface area contributed by atoms with E-state index in [1.807, 2.05) is 36.2 Å². The third kappa shape index (κ3) is 3.81. The number of anilines is 1. The van der Waals surface area contributed by atoms with E-state index in [9.17, 15) is 15.2 Å². The summed E-state index contributed by atoms with van der Waals surface area (Å²) in [6.45, 7) is 2.16. The van der Waals surface area contributed by atoms with Crippen molar-refractivity contribution in [2.24, 2.45) is 0 Å². The molecule has 0 unspecified atom stereocenters. The average molecular weight is 371 g/mol. The Kier molecular flexibility index (Phi) is 4.97. The summed E-state index contributed by atoms with van der Waals surface area (Å²) in [6.07, 6.45) is -0.707. The normalized spacial score (nSPS) is 12.2. The second-order valence-corrected chi connectivity index (χ2v) is 6.74. The molecule has 0 aliphatic rings. The Morgan fingerprint density at radius 2 is 2.19 bits per heavy atom. The van der Waals surface area contributed by atoms with Crippen molar-refractivity contribution in [1.29, 1.82) is 0 Å². The number of thiophene rings is 1. The van der Waals surface area contributed by atoms with Crippen LogP contribution in [-0.4, -0.2) is 17.1 Å². The third-order valence-electron chi connectivity index (χ3n) is 2.98. The molecule has 0 bridgehead atoms. The zero-order valence-electron chi connectivity index (χ0n) is 11.6. The molecule has 21 heavy (non-hydrogen) atoms. The van der Waals surface area contributed by atoms with Gasteiger partial charge in [0.1, 0.15) is 0 Å². The fraction of sp³-hybridized carbons (Fsp3) is 0.286. The minimum atomic E-state index is -0.707. The molecule has 0 fully saturated rings.